The first-order chi connectivity index (χ1) is 16.2. The maximum atomic E-state index is 13.5. The van der Waals surface area contributed by atoms with Crippen molar-refractivity contribution in [3.05, 3.63) is 29.0 Å². The first kappa shape index (κ1) is 25.8. The Morgan fingerprint density at radius 2 is 1.76 bits per heavy atom. The molecular formula is C27H37NO6. The van der Waals surface area contributed by atoms with Crippen LogP contribution in [0.5, 0.6) is 17.2 Å². The van der Waals surface area contributed by atoms with E-state index in [9.17, 15) is 9.59 Å². The number of Topliss-reactive ketones (excluding diaryl/α,β-unsaturated/α-hetero) is 1. The van der Waals surface area contributed by atoms with E-state index in [0.29, 0.717) is 53.5 Å². The second kappa shape index (κ2) is 10.6. The Kier molecular flexibility index (Phi) is 8.05. The lowest BCUT2D eigenvalue weighted by molar-refractivity contribution is -0.146. The summed E-state index contributed by atoms with van der Waals surface area (Å²) in [5, 5.41) is 0. The van der Waals surface area contributed by atoms with E-state index in [1.165, 1.54) is 7.11 Å². The van der Waals surface area contributed by atoms with Gasteiger partial charge in [-0.25, -0.2) is 0 Å². The zero-order valence-corrected chi connectivity index (χ0v) is 21.4. The summed E-state index contributed by atoms with van der Waals surface area (Å²) in [6.07, 6.45) is 3.88. The molecular weight excluding hydrogens is 434 g/mol. The van der Waals surface area contributed by atoms with E-state index in [1.807, 2.05) is 13.0 Å². The van der Waals surface area contributed by atoms with Crippen molar-refractivity contribution in [1.29, 1.82) is 0 Å². The van der Waals surface area contributed by atoms with Gasteiger partial charge in [0.15, 0.2) is 17.3 Å². The highest BCUT2D eigenvalue weighted by Gasteiger charge is 2.47. The molecule has 186 valence electrons. The molecule has 0 amide bonds. The largest absolute Gasteiger partial charge is 0.493 e. The van der Waals surface area contributed by atoms with Gasteiger partial charge in [0.2, 0.25) is 5.75 Å². The molecule has 2 aliphatic rings. The van der Waals surface area contributed by atoms with Gasteiger partial charge in [-0.2, -0.15) is 0 Å². The molecule has 1 heterocycles. The zero-order chi connectivity index (χ0) is 25.0. The van der Waals surface area contributed by atoms with Crippen LogP contribution < -0.4 is 14.2 Å². The number of aliphatic imine (C=N–C) groups is 1. The number of methoxy groups -OCH3 is 3. The van der Waals surface area contributed by atoms with E-state index in [4.69, 9.17) is 23.9 Å². The van der Waals surface area contributed by atoms with E-state index in [2.05, 4.69) is 20.8 Å². The van der Waals surface area contributed by atoms with E-state index in [1.54, 1.807) is 20.3 Å². The summed E-state index contributed by atoms with van der Waals surface area (Å²) in [4.78, 5) is 31.7. The van der Waals surface area contributed by atoms with Crippen LogP contribution >= 0.6 is 0 Å². The number of rotatable bonds is 9. The van der Waals surface area contributed by atoms with Crippen molar-refractivity contribution in [1.82, 2.24) is 0 Å². The van der Waals surface area contributed by atoms with Crippen molar-refractivity contribution in [3.63, 3.8) is 0 Å². The molecule has 1 aromatic carbocycles. The highest BCUT2D eigenvalue weighted by Crippen LogP contribution is 2.52. The van der Waals surface area contributed by atoms with Crippen LogP contribution in [0.15, 0.2) is 28.4 Å². The van der Waals surface area contributed by atoms with Gasteiger partial charge in [-0.1, -0.05) is 39.7 Å². The predicted octanol–water partition coefficient (Wildman–Crippen LogP) is 5.26. The number of carbonyl (C=O) groups excluding carboxylic acids is 2. The number of esters is 1. The third-order valence-corrected chi connectivity index (χ3v) is 6.62. The van der Waals surface area contributed by atoms with Crippen LogP contribution in [0.2, 0.25) is 0 Å². The Morgan fingerprint density at radius 3 is 2.38 bits per heavy atom. The number of benzene rings is 1. The van der Waals surface area contributed by atoms with Crippen molar-refractivity contribution >= 4 is 17.5 Å². The van der Waals surface area contributed by atoms with Crippen LogP contribution in [-0.2, 0) is 14.3 Å². The third-order valence-electron chi connectivity index (χ3n) is 6.62. The van der Waals surface area contributed by atoms with Crippen LogP contribution in [-0.4, -0.2) is 45.4 Å². The van der Waals surface area contributed by atoms with Crippen LogP contribution in [0.25, 0.3) is 0 Å². The smallest absolute Gasteiger partial charge is 0.315 e. The first-order valence-electron chi connectivity index (χ1n) is 12.0. The van der Waals surface area contributed by atoms with Crippen molar-refractivity contribution < 1.29 is 28.5 Å². The number of ketones is 1. The molecule has 1 aliphatic carbocycles. The molecule has 7 nitrogen and oxygen atoms in total. The van der Waals surface area contributed by atoms with Gasteiger partial charge in [0.05, 0.1) is 27.9 Å². The summed E-state index contributed by atoms with van der Waals surface area (Å²) in [5.74, 6) is -0.301. The maximum absolute atomic E-state index is 13.5. The average Bonchev–Trinajstić information content (AvgIpc) is 2.78. The molecule has 34 heavy (non-hydrogen) atoms. The highest BCUT2D eigenvalue weighted by molar-refractivity contribution is 6.09. The minimum atomic E-state index is -0.725. The molecule has 3 rings (SSSR count). The Bertz CT molecular complexity index is 1010. The fraction of sp³-hybridized carbons (Fsp3) is 0.593. The summed E-state index contributed by atoms with van der Waals surface area (Å²) < 4.78 is 22.5. The van der Waals surface area contributed by atoms with E-state index < -0.39 is 11.8 Å². The minimum absolute atomic E-state index is 0.00752. The molecule has 0 saturated heterocycles. The van der Waals surface area contributed by atoms with Gasteiger partial charge in [-0.3, -0.25) is 14.6 Å². The number of carbonyl (C=O) groups is 2. The number of unbranched alkanes of at least 4 members (excludes halogenated alkanes) is 2. The second-order valence-electron chi connectivity index (χ2n) is 9.81. The molecule has 7 heteroatoms. The van der Waals surface area contributed by atoms with Crippen molar-refractivity contribution in [2.24, 2.45) is 16.3 Å². The monoisotopic (exact) mass is 471 g/mol. The molecule has 0 N–H and O–H groups in total. The summed E-state index contributed by atoms with van der Waals surface area (Å²) in [5.41, 5.74) is 2.46. The van der Waals surface area contributed by atoms with Gasteiger partial charge in [0.25, 0.3) is 0 Å². The Balaban J connectivity index is 2.17. The zero-order valence-electron chi connectivity index (χ0n) is 21.4. The molecule has 1 aliphatic heterocycles. The lowest BCUT2D eigenvalue weighted by Gasteiger charge is -2.39. The normalized spacial score (nSPS) is 21.5. The van der Waals surface area contributed by atoms with Crippen LogP contribution in [0.3, 0.4) is 0 Å². The Morgan fingerprint density at radius 1 is 1.06 bits per heavy atom. The van der Waals surface area contributed by atoms with Crippen molar-refractivity contribution in [2.75, 3.05) is 27.9 Å². The number of nitrogens with zero attached hydrogens (tertiary/aromatic N) is 1. The minimum Gasteiger partial charge on any atom is -0.493 e. The standard InChI is InChI=1S/C27H37NO6/c1-8-9-10-13-34-26(30)21-16(2)28-18-14-27(3,4)15-19(29)23(18)22(21)17-11-12-20(31-5)25(33-7)24(17)32-6/h11-12,21-22H,8-10,13-15H2,1-7H3/t21?,22-/m0/s1. The van der Waals surface area contributed by atoms with E-state index >= 15 is 0 Å². The van der Waals surface area contributed by atoms with Gasteiger partial charge in [0, 0.05) is 34.9 Å². The highest BCUT2D eigenvalue weighted by atomic mass is 16.5. The molecule has 0 saturated carbocycles. The van der Waals surface area contributed by atoms with Crippen LogP contribution in [0, 0.1) is 11.3 Å². The second-order valence-corrected chi connectivity index (χ2v) is 9.81. The van der Waals surface area contributed by atoms with Gasteiger partial charge >= 0.3 is 5.97 Å². The number of hydrogen-bond donors (Lipinski definition) is 0. The number of ether oxygens (including phenoxy) is 4. The molecule has 0 aromatic heterocycles. The van der Waals surface area contributed by atoms with Crippen molar-refractivity contribution in [2.45, 2.75) is 65.7 Å². The molecule has 0 fully saturated rings. The van der Waals surface area contributed by atoms with E-state index in [-0.39, 0.29) is 17.2 Å². The molecule has 0 spiro atoms. The van der Waals surface area contributed by atoms with Gasteiger partial charge in [-0.05, 0) is 31.2 Å². The predicted molar refractivity (Wildman–Crippen MR) is 131 cm³/mol. The fourth-order valence-electron chi connectivity index (χ4n) is 5.07. The van der Waals surface area contributed by atoms with Crippen LogP contribution in [0.1, 0.15) is 71.3 Å². The maximum Gasteiger partial charge on any atom is 0.315 e. The molecule has 1 aromatic rings. The fourth-order valence-corrected chi connectivity index (χ4v) is 5.07. The Hall–Kier alpha value is -2.83. The third kappa shape index (κ3) is 4.98. The number of allylic oxidation sites excluding steroid dienone is 2. The Labute approximate surface area is 202 Å². The topological polar surface area (TPSA) is 83.4 Å². The lowest BCUT2D eigenvalue weighted by Crippen LogP contribution is -2.39. The molecule has 0 bridgehead atoms. The SMILES string of the molecule is CCCCCOC(=O)C1C(C)=NC2=C(C(=O)CC(C)(C)C2)[C@H]1c1ccc(OC)c(OC)c1OC. The quantitative estimate of drug-likeness (QED) is 0.361. The van der Waals surface area contributed by atoms with Gasteiger partial charge in [-0.15, -0.1) is 0 Å². The van der Waals surface area contributed by atoms with Crippen LogP contribution in [0.4, 0.5) is 0 Å². The summed E-state index contributed by atoms with van der Waals surface area (Å²) in [6, 6.07) is 3.62. The van der Waals surface area contributed by atoms with Gasteiger partial charge < -0.3 is 18.9 Å². The molecule has 0 radical (unpaired) electrons. The summed E-state index contributed by atoms with van der Waals surface area (Å²) in [7, 11) is 4.64. The average molecular weight is 472 g/mol. The van der Waals surface area contributed by atoms with Gasteiger partial charge in [0.1, 0.15) is 5.92 Å². The lowest BCUT2D eigenvalue weighted by atomic mass is 9.66. The number of hydrogen-bond acceptors (Lipinski definition) is 7. The summed E-state index contributed by atoms with van der Waals surface area (Å²) >= 11 is 0. The van der Waals surface area contributed by atoms with Crippen molar-refractivity contribution in [3.8, 4) is 17.2 Å². The molecule has 2 atom stereocenters. The summed E-state index contributed by atoms with van der Waals surface area (Å²) in [6.45, 7) is 8.43. The molecule has 1 unspecified atom stereocenters. The first-order valence-corrected chi connectivity index (χ1v) is 12.0. The van der Waals surface area contributed by atoms with E-state index in [0.717, 1.165) is 25.0 Å².